The Labute approximate surface area is 155 Å². The minimum absolute atomic E-state index is 0.244. The summed E-state index contributed by atoms with van der Waals surface area (Å²) in [5, 5.41) is 4.92. The Kier molecular flexibility index (Phi) is 6.70. The van der Waals surface area contributed by atoms with Crippen molar-refractivity contribution < 1.29 is 23.5 Å². The predicted octanol–water partition coefficient (Wildman–Crippen LogP) is 2.13. The van der Waals surface area contributed by atoms with Gasteiger partial charge < -0.3 is 14.5 Å². The molecule has 0 aliphatic heterocycles. The third-order valence-electron chi connectivity index (χ3n) is 3.68. The van der Waals surface area contributed by atoms with Crippen LogP contribution in [0.25, 0.3) is 11.0 Å². The Hall–Kier alpha value is -3.16. The maximum atomic E-state index is 12.1. The fourth-order valence-electron chi connectivity index (χ4n) is 2.25. The molecule has 0 saturated heterocycles. The van der Waals surface area contributed by atoms with Gasteiger partial charge in [-0.2, -0.15) is 0 Å². The van der Waals surface area contributed by atoms with Gasteiger partial charge in [-0.15, -0.1) is 0 Å². The van der Waals surface area contributed by atoms with Crippen molar-refractivity contribution in [1.82, 2.24) is 10.6 Å². The number of carbonyl (C=O) groups is 3. The summed E-state index contributed by atoms with van der Waals surface area (Å²) in [5.41, 5.74) is 0.739. The second-order valence-corrected chi connectivity index (χ2v) is 6.54. The van der Waals surface area contributed by atoms with E-state index >= 15 is 0 Å². The molecular formula is C19H22N2O6. The van der Waals surface area contributed by atoms with Gasteiger partial charge in [0.25, 0.3) is 5.91 Å². The largest absolute Gasteiger partial charge is 0.450 e. The molecule has 2 rings (SSSR count). The lowest BCUT2D eigenvalue weighted by Gasteiger charge is -2.08. The lowest BCUT2D eigenvalue weighted by molar-refractivity contribution is -0.123. The Morgan fingerprint density at radius 1 is 1.19 bits per heavy atom. The molecule has 0 saturated carbocycles. The molecule has 2 N–H and O–H groups in total. The maximum Gasteiger partial charge on any atom is 0.374 e. The number of ether oxygens (including phenoxy) is 1. The van der Waals surface area contributed by atoms with Crippen LogP contribution < -0.4 is 16.1 Å². The van der Waals surface area contributed by atoms with Crippen LogP contribution in [0.2, 0.25) is 0 Å². The van der Waals surface area contributed by atoms with Crippen molar-refractivity contribution in [1.29, 1.82) is 0 Å². The molecule has 0 atom stereocenters. The summed E-state index contributed by atoms with van der Waals surface area (Å²) in [6.45, 7) is 5.61. The minimum Gasteiger partial charge on any atom is -0.450 e. The van der Waals surface area contributed by atoms with Gasteiger partial charge in [0.05, 0.1) is 5.39 Å². The first-order valence-electron chi connectivity index (χ1n) is 8.55. The molecule has 3 amide bonds. The third kappa shape index (κ3) is 5.95. The number of benzene rings is 1. The third-order valence-corrected chi connectivity index (χ3v) is 3.68. The first kappa shape index (κ1) is 20.2. The normalized spacial score (nSPS) is 10.7. The number of imide groups is 1. The second kappa shape index (κ2) is 8.98. The fraction of sp³-hybridized carbons (Fsp3) is 0.368. The molecule has 8 heteroatoms. The van der Waals surface area contributed by atoms with Crippen molar-refractivity contribution in [2.45, 2.75) is 27.2 Å². The van der Waals surface area contributed by atoms with Crippen molar-refractivity contribution >= 4 is 28.9 Å². The zero-order chi connectivity index (χ0) is 20.0. The smallest absolute Gasteiger partial charge is 0.374 e. The number of nitrogens with one attached hydrogen (secondary N) is 2. The first-order chi connectivity index (χ1) is 12.8. The van der Waals surface area contributed by atoms with E-state index < -0.39 is 24.5 Å². The molecule has 8 nitrogen and oxygen atoms in total. The van der Waals surface area contributed by atoms with Crippen molar-refractivity contribution in [3.05, 3.63) is 45.8 Å². The summed E-state index contributed by atoms with van der Waals surface area (Å²) in [6, 6.07) is 5.33. The van der Waals surface area contributed by atoms with E-state index in [9.17, 15) is 19.2 Å². The molecule has 144 valence electrons. The Bertz CT molecular complexity index is 916. The molecule has 0 fully saturated rings. The van der Waals surface area contributed by atoms with E-state index in [1.54, 1.807) is 18.2 Å². The van der Waals surface area contributed by atoms with Crippen LogP contribution in [0.15, 0.2) is 33.5 Å². The molecule has 0 bridgehead atoms. The second-order valence-electron chi connectivity index (χ2n) is 6.54. The lowest BCUT2D eigenvalue weighted by atomic mass is 10.1. The lowest BCUT2D eigenvalue weighted by Crippen LogP contribution is -2.42. The topological polar surface area (TPSA) is 115 Å². The molecule has 0 unspecified atom stereocenters. The van der Waals surface area contributed by atoms with Crippen LogP contribution in [-0.2, 0) is 9.53 Å². The van der Waals surface area contributed by atoms with Crippen LogP contribution >= 0.6 is 0 Å². The summed E-state index contributed by atoms with van der Waals surface area (Å²) in [7, 11) is 0. The number of carbonyl (C=O) groups excluding carboxylic acids is 3. The van der Waals surface area contributed by atoms with E-state index in [0.717, 1.165) is 18.1 Å². The van der Waals surface area contributed by atoms with E-state index in [-0.39, 0.29) is 16.8 Å². The standard InChI is InChI=1S/C19H22N2O6/c1-11(2)6-7-20-19(25)21-17(23)10-26-18(24)16-9-14(22)13-8-12(3)4-5-15(13)27-16/h4-5,8-9,11H,6-7,10H2,1-3H3,(H2,20,21,23,25). The SMILES string of the molecule is Cc1ccc2oc(C(=O)OCC(=O)NC(=O)NCCC(C)C)cc(=O)c2c1. The quantitative estimate of drug-likeness (QED) is 0.749. The zero-order valence-electron chi connectivity index (χ0n) is 15.5. The monoisotopic (exact) mass is 374 g/mol. The fourth-order valence-corrected chi connectivity index (χ4v) is 2.25. The van der Waals surface area contributed by atoms with E-state index in [1.807, 2.05) is 26.1 Å². The molecule has 1 aromatic heterocycles. The van der Waals surface area contributed by atoms with Crippen molar-refractivity contribution in [3.63, 3.8) is 0 Å². The molecule has 0 aliphatic rings. The van der Waals surface area contributed by atoms with E-state index in [0.29, 0.717) is 17.8 Å². The Balaban J connectivity index is 1.91. The molecule has 0 radical (unpaired) electrons. The van der Waals surface area contributed by atoms with Crippen LogP contribution in [0.4, 0.5) is 4.79 Å². The number of amides is 3. The van der Waals surface area contributed by atoms with Gasteiger partial charge in [0.15, 0.2) is 12.0 Å². The van der Waals surface area contributed by atoms with E-state index in [4.69, 9.17) is 9.15 Å². The highest BCUT2D eigenvalue weighted by molar-refractivity contribution is 5.96. The van der Waals surface area contributed by atoms with Gasteiger partial charge in [-0.1, -0.05) is 25.5 Å². The number of hydrogen-bond donors (Lipinski definition) is 2. The number of esters is 1. The van der Waals surface area contributed by atoms with Crippen LogP contribution in [0.5, 0.6) is 0 Å². The molecule has 1 heterocycles. The first-order valence-corrected chi connectivity index (χ1v) is 8.55. The van der Waals surface area contributed by atoms with Crippen molar-refractivity contribution in [3.8, 4) is 0 Å². The van der Waals surface area contributed by atoms with Gasteiger partial charge in [-0.05, 0) is 31.4 Å². The maximum absolute atomic E-state index is 12.1. The molecule has 2 aromatic rings. The highest BCUT2D eigenvalue weighted by Crippen LogP contribution is 2.14. The highest BCUT2D eigenvalue weighted by atomic mass is 16.5. The van der Waals surface area contributed by atoms with Gasteiger partial charge in [-0.3, -0.25) is 14.9 Å². The van der Waals surface area contributed by atoms with Gasteiger partial charge in [0, 0.05) is 12.6 Å². The molecule has 27 heavy (non-hydrogen) atoms. The number of fused-ring (bicyclic) bond motifs is 1. The van der Waals surface area contributed by atoms with Gasteiger partial charge >= 0.3 is 12.0 Å². The van der Waals surface area contributed by atoms with Crippen molar-refractivity contribution in [2.75, 3.05) is 13.2 Å². The summed E-state index contributed by atoms with van der Waals surface area (Å²) >= 11 is 0. The van der Waals surface area contributed by atoms with Crippen LogP contribution in [0, 0.1) is 12.8 Å². The van der Waals surface area contributed by atoms with Gasteiger partial charge in [0.2, 0.25) is 5.76 Å². The summed E-state index contributed by atoms with van der Waals surface area (Å²) < 4.78 is 10.2. The summed E-state index contributed by atoms with van der Waals surface area (Å²) in [4.78, 5) is 47.3. The predicted molar refractivity (Wildman–Crippen MR) is 98.5 cm³/mol. The number of urea groups is 1. The average molecular weight is 374 g/mol. The molecule has 0 aliphatic carbocycles. The minimum atomic E-state index is -0.968. The summed E-state index contributed by atoms with van der Waals surface area (Å²) in [6.07, 6.45) is 0.775. The molecule has 1 aromatic carbocycles. The highest BCUT2D eigenvalue weighted by Gasteiger charge is 2.16. The zero-order valence-corrected chi connectivity index (χ0v) is 15.5. The van der Waals surface area contributed by atoms with Gasteiger partial charge in [-0.25, -0.2) is 9.59 Å². The number of hydrogen-bond acceptors (Lipinski definition) is 6. The van der Waals surface area contributed by atoms with Crippen molar-refractivity contribution in [2.24, 2.45) is 5.92 Å². The number of rotatable bonds is 6. The summed E-state index contributed by atoms with van der Waals surface area (Å²) in [5.74, 6) is -1.65. The molecular weight excluding hydrogens is 352 g/mol. The van der Waals surface area contributed by atoms with Crippen LogP contribution in [0.3, 0.4) is 0 Å². The average Bonchev–Trinajstić information content (AvgIpc) is 2.59. The Morgan fingerprint density at radius 3 is 2.63 bits per heavy atom. The van der Waals surface area contributed by atoms with Gasteiger partial charge in [0.1, 0.15) is 5.58 Å². The van der Waals surface area contributed by atoms with Crippen LogP contribution in [0.1, 0.15) is 36.4 Å². The van der Waals surface area contributed by atoms with E-state index in [1.165, 1.54) is 0 Å². The van der Waals surface area contributed by atoms with Crippen LogP contribution in [-0.4, -0.2) is 31.1 Å². The van der Waals surface area contributed by atoms with E-state index in [2.05, 4.69) is 5.32 Å². The Morgan fingerprint density at radius 2 is 1.93 bits per heavy atom. The number of aryl methyl sites for hydroxylation is 1. The molecule has 0 spiro atoms.